The molecule has 0 atom stereocenters. The topological polar surface area (TPSA) is 32.3 Å². The fraction of sp³-hybridized carbons (Fsp3) is 0.500. The molecule has 0 heterocycles. The maximum Gasteiger partial charge on any atom is 0.254 e. The molecule has 1 N–H and O–H groups in total. The predicted molar refractivity (Wildman–Crippen MR) is 76.1 cm³/mol. The summed E-state index contributed by atoms with van der Waals surface area (Å²) >= 11 is 5.75. The standard InChI is InChI=1S/C14H20ClFN2O/c1-3-18(4-2)9-5-8-17-14(19)12-10-11(15)6-7-13(12)16/h6-7,10H,3-5,8-9H2,1-2H3,(H,17,19). The van der Waals surface area contributed by atoms with E-state index in [1.165, 1.54) is 18.2 Å². The lowest BCUT2D eigenvalue weighted by atomic mass is 10.2. The second-order valence-electron chi connectivity index (χ2n) is 4.26. The van der Waals surface area contributed by atoms with Gasteiger partial charge in [0.25, 0.3) is 5.91 Å². The van der Waals surface area contributed by atoms with Crippen molar-refractivity contribution in [2.24, 2.45) is 0 Å². The Labute approximate surface area is 118 Å². The summed E-state index contributed by atoms with van der Waals surface area (Å²) in [5.74, 6) is -0.967. The molecule has 0 saturated heterocycles. The molecular formula is C14H20ClFN2O. The fourth-order valence-electron chi connectivity index (χ4n) is 1.81. The van der Waals surface area contributed by atoms with E-state index >= 15 is 0 Å². The average molecular weight is 287 g/mol. The molecule has 0 spiro atoms. The molecule has 1 amide bonds. The van der Waals surface area contributed by atoms with Crippen LogP contribution in [-0.2, 0) is 0 Å². The molecule has 0 radical (unpaired) electrons. The van der Waals surface area contributed by atoms with Crippen molar-refractivity contribution in [3.63, 3.8) is 0 Å². The highest BCUT2D eigenvalue weighted by Gasteiger charge is 2.11. The number of halogens is 2. The van der Waals surface area contributed by atoms with Gasteiger partial charge in [-0.1, -0.05) is 25.4 Å². The molecule has 5 heteroatoms. The number of hydrogen-bond acceptors (Lipinski definition) is 2. The second kappa shape index (κ2) is 8.12. The summed E-state index contributed by atoms with van der Waals surface area (Å²) in [5.41, 5.74) is -0.00432. The Morgan fingerprint density at radius 2 is 2.05 bits per heavy atom. The van der Waals surface area contributed by atoms with Crippen LogP contribution in [-0.4, -0.2) is 37.0 Å². The number of nitrogens with zero attached hydrogens (tertiary/aromatic N) is 1. The highest BCUT2D eigenvalue weighted by atomic mass is 35.5. The molecule has 1 rings (SSSR count). The van der Waals surface area contributed by atoms with Gasteiger partial charge in [-0.25, -0.2) is 4.39 Å². The summed E-state index contributed by atoms with van der Waals surface area (Å²) in [6, 6.07) is 3.97. The molecule has 3 nitrogen and oxygen atoms in total. The van der Waals surface area contributed by atoms with Crippen LogP contribution in [0.3, 0.4) is 0 Å². The van der Waals surface area contributed by atoms with Crippen LogP contribution in [0.4, 0.5) is 4.39 Å². The molecule has 19 heavy (non-hydrogen) atoms. The number of benzene rings is 1. The van der Waals surface area contributed by atoms with Crippen molar-refractivity contribution in [3.05, 3.63) is 34.6 Å². The minimum atomic E-state index is -0.550. The Bertz CT molecular complexity index is 422. The predicted octanol–water partition coefficient (Wildman–Crippen LogP) is 2.94. The Balaban J connectivity index is 2.41. The summed E-state index contributed by atoms with van der Waals surface area (Å²) in [6.45, 7) is 7.64. The Hall–Kier alpha value is -1.13. The molecule has 0 aliphatic rings. The molecule has 0 aliphatic heterocycles. The van der Waals surface area contributed by atoms with Crippen LogP contribution in [0.25, 0.3) is 0 Å². The van der Waals surface area contributed by atoms with Crippen molar-refractivity contribution >= 4 is 17.5 Å². The van der Waals surface area contributed by atoms with Gasteiger partial charge in [-0.15, -0.1) is 0 Å². The van der Waals surface area contributed by atoms with Crippen molar-refractivity contribution in [3.8, 4) is 0 Å². The molecule has 0 saturated carbocycles. The summed E-state index contributed by atoms with van der Waals surface area (Å²) in [7, 11) is 0. The quantitative estimate of drug-likeness (QED) is 0.782. The lowest BCUT2D eigenvalue weighted by Gasteiger charge is -2.17. The van der Waals surface area contributed by atoms with Crippen molar-refractivity contribution in [1.82, 2.24) is 10.2 Å². The summed E-state index contributed by atoms with van der Waals surface area (Å²) in [4.78, 5) is 14.0. The summed E-state index contributed by atoms with van der Waals surface area (Å²) in [5, 5.41) is 3.06. The highest BCUT2D eigenvalue weighted by Crippen LogP contribution is 2.14. The van der Waals surface area contributed by atoms with Crippen molar-refractivity contribution in [1.29, 1.82) is 0 Å². The van der Waals surface area contributed by atoms with E-state index in [9.17, 15) is 9.18 Å². The largest absolute Gasteiger partial charge is 0.352 e. The maximum atomic E-state index is 13.4. The van der Waals surface area contributed by atoms with Crippen LogP contribution >= 0.6 is 11.6 Å². The van der Waals surface area contributed by atoms with Gasteiger partial charge >= 0.3 is 0 Å². The monoisotopic (exact) mass is 286 g/mol. The minimum absolute atomic E-state index is 0.00432. The van der Waals surface area contributed by atoms with Gasteiger partial charge in [-0.05, 0) is 44.3 Å². The zero-order chi connectivity index (χ0) is 14.3. The van der Waals surface area contributed by atoms with Gasteiger partial charge in [0.1, 0.15) is 5.82 Å². The first kappa shape index (κ1) is 15.9. The Morgan fingerprint density at radius 3 is 2.68 bits per heavy atom. The lowest BCUT2D eigenvalue weighted by molar-refractivity contribution is 0.0948. The third-order valence-electron chi connectivity index (χ3n) is 3.00. The van der Waals surface area contributed by atoms with Crippen LogP contribution in [0.1, 0.15) is 30.6 Å². The molecule has 0 bridgehead atoms. The third-order valence-corrected chi connectivity index (χ3v) is 3.24. The number of carbonyl (C=O) groups excluding carboxylic acids is 1. The van der Waals surface area contributed by atoms with Crippen LogP contribution in [0.5, 0.6) is 0 Å². The maximum absolute atomic E-state index is 13.4. The van der Waals surface area contributed by atoms with E-state index in [0.717, 1.165) is 26.1 Å². The van der Waals surface area contributed by atoms with E-state index in [1.54, 1.807) is 0 Å². The van der Waals surface area contributed by atoms with E-state index in [-0.39, 0.29) is 5.56 Å². The van der Waals surface area contributed by atoms with Crippen molar-refractivity contribution in [2.75, 3.05) is 26.2 Å². The van der Waals surface area contributed by atoms with Gasteiger partial charge < -0.3 is 10.2 Å². The average Bonchev–Trinajstić information content (AvgIpc) is 2.41. The van der Waals surface area contributed by atoms with Gasteiger partial charge in [-0.3, -0.25) is 4.79 Å². The van der Waals surface area contributed by atoms with E-state index < -0.39 is 11.7 Å². The first-order valence-corrected chi connectivity index (χ1v) is 6.91. The zero-order valence-electron chi connectivity index (χ0n) is 11.4. The minimum Gasteiger partial charge on any atom is -0.352 e. The van der Waals surface area contributed by atoms with Crippen LogP contribution < -0.4 is 5.32 Å². The molecule has 0 unspecified atom stereocenters. The summed E-state index contributed by atoms with van der Waals surface area (Å²) < 4.78 is 13.4. The molecule has 1 aromatic rings. The van der Waals surface area contributed by atoms with E-state index in [4.69, 9.17) is 11.6 Å². The van der Waals surface area contributed by atoms with E-state index in [2.05, 4.69) is 24.1 Å². The highest BCUT2D eigenvalue weighted by molar-refractivity contribution is 6.30. The van der Waals surface area contributed by atoms with Crippen molar-refractivity contribution < 1.29 is 9.18 Å². The zero-order valence-corrected chi connectivity index (χ0v) is 12.1. The number of carbonyl (C=O) groups is 1. The molecule has 106 valence electrons. The first-order chi connectivity index (χ1) is 9.08. The van der Waals surface area contributed by atoms with E-state index in [0.29, 0.717) is 11.6 Å². The smallest absolute Gasteiger partial charge is 0.254 e. The molecule has 0 fully saturated rings. The number of hydrogen-bond donors (Lipinski definition) is 1. The normalized spacial score (nSPS) is 10.8. The molecule has 0 aliphatic carbocycles. The molecule has 0 aromatic heterocycles. The van der Waals surface area contributed by atoms with Gasteiger partial charge in [-0.2, -0.15) is 0 Å². The van der Waals surface area contributed by atoms with Gasteiger partial charge in [0.05, 0.1) is 5.56 Å². The van der Waals surface area contributed by atoms with Gasteiger partial charge in [0.15, 0.2) is 0 Å². The SMILES string of the molecule is CCN(CC)CCCNC(=O)c1cc(Cl)ccc1F. The van der Waals surface area contributed by atoms with Gasteiger partial charge in [0, 0.05) is 11.6 Å². The molecule has 1 aromatic carbocycles. The third kappa shape index (κ3) is 5.17. The van der Waals surface area contributed by atoms with E-state index in [1.807, 2.05) is 0 Å². The first-order valence-electron chi connectivity index (χ1n) is 6.54. The Kier molecular flexibility index (Phi) is 6.81. The van der Waals surface area contributed by atoms with Crippen LogP contribution in [0.15, 0.2) is 18.2 Å². The van der Waals surface area contributed by atoms with Crippen LogP contribution in [0, 0.1) is 5.82 Å². The number of amides is 1. The van der Waals surface area contributed by atoms with Crippen molar-refractivity contribution in [2.45, 2.75) is 20.3 Å². The molecular weight excluding hydrogens is 267 g/mol. The number of rotatable bonds is 7. The Morgan fingerprint density at radius 1 is 1.37 bits per heavy atom. The summed E-state index contributed by atoms with van der Waals surface area (Å²) in [6.07, 6.45) is 0.843. The fourth-order valence-corrected chi connectivity index (χ4v) is 1.98. The van der Waals surface area contributed by atoms with Crippen LogP contribution in [0.2, 0.25) is 5.02 Å². The lowest BCUT2D eigenvalue weighted by Crippen LogP contribution is -2.30. The second-order valence-corrected chi connectivity index (χ2v) is 4.70. The number of nitrogens with one attached hydrogen (secondary N) is 1. The van der Waals surface area contributed by atoms with Gasteiger partial charge in [0.2, 0.25) is 0 Å².